The summed E-state index contributed by atoms with van der Waals surface area (Å²) in [6.07, 6.45) is 1.01. The topological polar surface area (TPSA) is 73.2 Å². The van der Waals surface area contributed by atoms with E-state index in [-0.39, 0.29) is 42.0 Å². The van der Waals surface area contributed by atoms with E-state index in [1.54, 1.807) is 42.5 Å². The number of carbonyl (C=O) groups excluding carboxylic acids is 1. The number of amides is 1. The third-order valence-corrected chi connectivity index (χ3v) is 7.06. The van der Waals surface area contributed by atoms with Gasteiger partial charge in [0.05, 0.1) is 29.7 Å². The van der Waals surface area contributed by atoms with Crippen LogP contribution in [-0.2, 0) is 11.3 Å². The standard InChI is InChI=1S/C32H26FN3O3/c33-25-14-11-22(12-15-25)29-18-16-26(39-29)20-36-31(38)27-17-13-24(21-7-3-1-4-8-21)19-28(27)34-32(36)35-30(37)23-9-5-2-6-10-23/h1-15,17,19,26,29H,16,18,20H2,(H,34,35,37). The highest BCUT2D eigenvalue weighted by molar-refractivity contribution is 6.03. The molecule has 1 N–H and O–H groups in total. The molecule has 0 aliphatic carbocycles. The molecule has 6 nitrogen and oxygen atoms in total. The lowest BCUT2D eigenvalue weighted by Crippen LogP contribution is -2.31. The van der Waals surface area contributed by atoms with Crippen molar-refractivity contribution in [2.75, 3.05) is 5.32 Å². The lowest BCUT2D eigenvalue weighted by Gasteiger charge is -2.19. The summed E-state index contributed by atoms with van der Waals surface area (Å²) in [6.45, 7) is 0.226. The molecular weight excluding hydrogens is 493 g/mol. The summed E-state index contributed by atoms with van der Waals surface area (Å²) in [5, 5.41) is 3.32. The van der Waals surface area contributed by atoms with Crippen LogP contribution in [0, 0.1) is 5.82 Å². The van der Waals surface area contributed by atoms with Gasteiger partial charge in [0, 0.05) is 5.56 Å². The molecule has 1 amide bonds. The number of hydrogen-bond acceptors (Lipinski definition) is 4. The molecule has 6 rings (SSSR count). The number of halogens is 1. The van der Waals surface area contributed by atoms with Crippen LogP contribution in [0.1, 0.15) is 34.9 Å². The van der Waals surface area contributed by atoms with Gasteiger partial charge < -0.3 is 4.74 Å². The molecule has 194 valence electrons. The van der Waals surface area contributed by atoms with Gasteiger partial charge in [-0.2, -0.15) is 0 Å². The monoisotopic (exact) mass is 519 g/mol. The van der Waals surface area contributed by atoms with E-state index in [1.165, 1.54) is 16.7 Å². The van der Waals surface area contributed by atoms with E-state index < -0.39 is 0 Å². The second-order valence-electron chi connectivity index (χ2n) is 9.64. The smallest absolute Gasteiger partial charge is 0.262 e. The van der Waals surface area contributed by atoms with Crippen molar-refractivity contribution >= 4 is 22.8 Å². The van der Waals surface area contributed by atoms with Crippen LogP contribution < -0.4 is 10.9 Å². The zero-order valence-corrected chi connectivity index (χ0v) is 21.1. The van der Waals surface area contributed by atoms with Crippen molar-refractivity contribution in [2.45, 2.75) is 31.6 Å². The first-order chi connectivity index (χ1) is 19.0. The molecule has 1 aliphatic heterocycles. The number of nitrogens with one attached hydrogen (secondary N) is 1. The van der Waals surface area contributed by atoms with E-state index in [9.17, 15) is 14.0 Å². The quantitative estimate of drug-likeness (QED) is 0.283. The van der Waals surface area contributed by atoms with Crippen LogP contribution in [0.4, 0.5) is 10.3 Å². The summed E-state index contributed by atoms with van der Waals surface area (Å²) >= 11 is 0. The Morgan fingerprint density at radius 1 is 0.897 bits per heavy atom. The zero-order chi connectivity index (χ0) is 26.8. The Hall–Kier alpha value is -4.62. The molecule has 2 unspecified atom stereocenters. The van der Waals surface area contributed by atoms with Gasteiger partial charge in [-0.1, -0.05) is 66.7 Å². The van der Waals surface area contributed by atoms with E-state index in [1.807, 2.05) is 48.5 Å². The number of fused-ring (bicyclic) bond motifs is 1. The highest BCUT2D eigenvalue weighted by atomic mass is 19.1. The van der Waals surface area contributed by atoms with Crippen molar-refractivity contribution in [3.63, 3.8) is 0 Å². The van der Waals surface area contributed by atoms with E-state index >= 15 is 0 Å². The highest BCUT2D eigenvalue weighted by Gasteiger charge is 2.28. The van der Waals surface area contributed by atoms with Gasteiger partial charge in [0.1, 0.15) is 5.82 Å². The van der Waals surface area contributed by atoms with E-state index in [4.69, 9.17) is 9.72 Å². The minimum atomic E-state index is -0.355. The van der Waals surface area contributed by atoms with Crippen molar-refractivity contribution < 1.29 is 13.9 Å². The van der Waals surface area contributed by atoms with Crippen LogP contribution in [-0.4, -0.2) is 21.6 Å². The van der Waals surface area contributed by atoms with E-state index in [0.29, 0.717) is 22.9 Å². The Bertz CT molecular complexity index is 1690. The molecule has 0 bridgehead atoms. The summed E-state index contributed by atoms with van der Waals surface area (Å²) in [5.74, 6) is -0.483. The fourth-order valence-corrected chi connectivity index (χ4v) is 5.03. The molecule has 1 fully saturated rings. The van der Waals surface area contributed by atoms with E-state index in [0.717, 1.165) is 23.1 Å². The molecule has 1 saturated heterocycles. The fraction of sp³-hybridized carbons (Fsp3) is 0.156. The molecule has 2 heterocycles. The van der Waals surface area contributed by atoms with Gasteiger partial charge in [0.25, 0.3) is 11.5 Å². The Morgan fingerprint density at radius 3 is 2.36 bits per heavy atom. The third kappa shape index (κ3) is 5.22. The largest absolute Gasteiger partial charge is 0.368 e. The Labute approximate surface area is 224 Å². The second-order valence-corrected chi connectivity index (χ2v) is 9.64. The van der Waals surface area contributed by atoms with Crippen molar-refractivity contribution in [1.82, 2.24) is 9.55 Å². The molecule has 0 saturated carbocycles. The lowest BCUT2D eigenvalue weighted by atomic mass is 10.0. The average molecular weight is 520 g/mol. The molecule has 39 heavy (non-hydrogen) atoms. The van der Waals surface area contributed by atoms with Gasteiger partial charge in [0.15, 0.2) is 0 Å². The summed E-state index contributed by atoms with van der Waals surface area (Å²) in [6, 6.07) is 30.5. The van der Waals surface area contributed by atoms with Gasteiger partial charge in [0.2, 0.25) is 5.95 Å². The second kappa shape index (κ2) is 10.6. The van der Waals surface area contributed by atoms with Crippen molar-refractivity contribution in [1.29, 1.82) is 0 Å². The number of hydrogen-bond donors (Lipinski definition) is 1. The molecular formula is C32H26FN3O3. The van der Waals surface area contributed by atoms with Gasteiger partial charge in [-0.3, -0.25) is 19.5 Å². The Kier molecular flexibility index (Phi) is 6.73. The van der Waals surface area contributed by atoms with Crippen LogP contribution in [0.5, 0.6) is 0 Å². The zero-order valence-electron chi connectivity index (χ0n) is 21.1. The molecule has 1 aliphatic rings. The molecule has 1 aromatic heterocycles. The van der Waals surface area contributed by atoms with Crippen LogP contribution in [0.3, 0.4) is 0 Å². The number of aromatic nitrogens is 2. The Balaban J connectivity index is 1.36. The predicted octanol–water partition coefficient (Wildman–Crippen LogP) is 6.38. The maximum absolute atomic E-state index is 13.8. The van der Waals surface area contributed by atoms with Crippen molar-refractivity contribution in [3.05, 3.63) is 130 Å². The fourth-order valence-electron chi connectivity index (χ4n) is 5.03. The number of rotatable bonds is 6. The molecule has 4 aromatic carbocycles. The molecule has 2 atom stereocenters. The minimum absolute atomic E-state index is 0.167. The van der Waals surface area contributed by atoms with Crippen molar-refractivity contribution in [2.24, 2.45) is 0 Å². The number of benzene rings is 4. The maximum atomic E-state index is 13.8. The highest BCUT2D eigenvalue weighted by Crippen LogP contribution is 2.34. The van der Waals surface area contributed by atoms with Gasteiger partial charge in [-0.15, -0.1) is 0 Å². The first-order valence-electron chi connectivity index (χ1n) is 12.9. The number of anilines is 1. The summed E-state index contributed by atoms with van der Waals surface area (Å²) in [7, 11) is 0. The van der Waals surface area contributed by atoms with Crippen LogP contribution in [0.2, 0.25) is 0 Å². The minimum Gasteiger partial charge on any atom is -0.368 e. The Morgan fingerprint density at radius 2 is 1.62 bits per heavy atom. The van der Waals surface area contributed by atoms with Crippen LogP contribution in [0.15, 0.2) is 108 Å². The first-order valence-corrected chi connectivity index (χ1v) is 12.9. The maximum Gasteiger partial charge on any atom is 0.262 e. The first kappa shape index (κ1) is 24.7. The molecule has 5 aromatic rings. The normalized spacial score (nSPS) is 16.8. The van der Waals surface area contributed by atoms with Gasteiger partial charge in [-0.25, -0.2) is 9.37 Å². The average Bonchev–Trinajstić information content (AvgIpc) is 3.45. The summed E-state index contributed by atoms with van der Waals surface area (Å²) < 4.78 is 21.1. The number of ether oxygens (including phenoxy) is 1. The van der Waals surface area contributed by atoms with Gasteiger partial charge >= 0.3 is 0 Å². The number of carbonyl (C=O) groups is 1. The van der Waals surface area contributed by atoms with Crippen LogP contribution >= 0.6 is 0 Å². The molecule has 7 heteroatoms. The SMILES string of the molecule is O=C(Nc1nc2cc(-c3ccccc3)ccc2c(=O)n1CC1CCC(c2ccc(F)cc2)O1)c1ccccc1. The molecule has 0 spiro atoms. The third-order valence-electron chi connectivity index (χ3n) is 7.06. The van der Waals surface area contributed by atoms with E-state index in [2.05, 4.69) is 5.32 Å². The van der Waals surface area contributed by atoms with Crippen LogP contribution in [0.25, 0.3) is 22.0 Å². The van der Waals surface area contributed by atoms with Gasteiger partial charge in [-0.05, 0) is 65.9 Å². The summed E-state index contributed by atoms with van der Waals surface area (Å²) in [4.78, 5) is 31.6. The van der Waals surface area contributed by atoms with Crippen molar-refractivity contribution in [3.8, 4) is 11.1 Å². The predicted molar refractivity (Wildman–Crippen MR) is 149 cm³/mol. The number of nitrogens with zero attached hydrogens (tertiary/aromatic N) is 2. The lowest BCUT2D eigenvalue weighted by molar-refractivity contribution is 0.0347. The molecule has 0 radical (unpaired) electrons. The summed E-state index contributed by atoms with van der Waals surface area (Å²) in [5.41, 5.74) is 3.54.